The summed E-state index contributed by atoms with van der Waals surface area (Å²) in [6, 6.07) is 0. The van der Waals surface area contributed by atoms with Crippen molar-refractivity contribution in [1.29, 1.82) is 0 Å². The van der Waals surface area contributed by atoms with Crippen molar-refractivity contribution in [1.82, 2.24) is 19.4 Å². The first kappa shape index (κ1) is 15.0. The molecule has 1 atom stereocenters. The van der Waals surface area contributed by atoms with E-state index in [2.05, 4.69) is 10.4 Å². The van der Waals surface area contributed by atoms with Crippen molar-refractivity contribution in [3.05, 3.63) is 11.9 Å². The number of rotatable bonds is 3. The van der Waals surface area contributed by atoms with Crippen molar-refractivity contribution < 1.29 is 13.2 Å². The fraction of sp³-hybridized carbons (Fsp3) is 0.667. The molecule has 0 radical (unpaired) electrons. The Labute approximate surface area is 119 Å². The predicted octanol–water partition coefficient (Wildman–Crippen LogP) is -0.125. The van der Waals surface area contributed by atoms with E-state index in [1.165, 1.54) is 15.2 Å². The molecule has 1 fully saturated rings. The SMILES string of the molecule is CNC(=O)C1CCCN(S(=O)(=O)c2cnn(C)c2C)C1. The van der Waals surface area contributed by atoms with E-state index in [0.29, 0.717) is 18.7 Å². The van der Waals surface area contributed by atoms with Gasteiger partial charge in [-0.2, -0.15) is 9.40 Å². The van der Waals surface area contributed by atoms with E-state index in [1.807, 2.05) is 0 Å². The molecule has 0 aromatic carbocycles. The monoisotopic (exact) mass is 300 g/mol. The molecule has 7 nitrogen and oxygen atoms in total. The Bertz CT molecular complexity index is 608. The largest absolute Gasteiger partial charge is 0.359 e. The van der Waals surface area contributed by atoms with Crippen LogP contribution in [0, 0.1) is 12.8 Å². The molecule has 1 amide bonds. The number of hydrogen-bond acceptors (Lipinski definition) is 4. The molecule has 1 aromatic heterocycles. The average molecular weight is 300 g/mol. The van der Waals surface area contributed by atoms with Gasteiger partial charge in [-0.1, -0.05) is 0 Å². The van der Waals surface area contributed by atoms with Crippen LogP contribution in [0.15, 0.2) is 11.1 Å². The number of sulfonamides is 1. The van der Waals surface area contributed by atoms with E-state index in [0.717, 1.165) is 6.42 Å². The van der Waals surface area contributed by atoms with Crippen LogP contribution in [0.5, 0.6) is 0 Å². The van der Waals surface area contributed by atoms with Crippen LogP contribution < -0.4 is 5.32 Å². The van der Waals surface area contributed by atoms with Crippen LogP contribution in [0.2, 0.25) is 0 Å². The van der Waals surface area contributed by atoms with E-state index in [4.69, 9.17) is 0 Å². The van der Waals surface area contributed by atoms with Crippen LogP contribution in [-0.4, -0.2) is 48.5 Å². The molecule has 2 heterocycles. The summed E-state index contributed by atoms with van der Waals surface area (Å²) >= 11 is 0. The Kier molecular flexibility index (Phi) is 4.14. The number of carbonyl (C=O) groups is 1. The van der Waals surface area contributed by atoms with Crippen LogP contribution >= 0.6 is 0 Å². The van der Waals surface area contributed by atoms with Gasteiger partial charge in [0.05, 0.1) is 17.8 Å². The Morgan fingerprint density at radius 2 is 2.20 bits per heavy atom. The first-order valence-corrected chi connectivity index (χ1v) is 8.02. The van der Waals surface area contributed by atoms with E-state index < -0.39 is 10.0 Å². The molecule has 1 unspecified atom stereocenters. The van der Waals surface area contributed by atoms with Crippen LogP contribution in [0.1, 0.15) is 18.5 Å². The predicted molar refractivity (Wildman–Crippen MR) is 73.5 cm³/mol. The number of piperidine rings is 1. The Morgan fingerprint density at radius 1 is 1.50 bits per heavy atom. The van der Waals surface area contributed by atoms with Gasteiger partial charge in [-0.25, -0.2) is 8.42 Å². The van der Waals surface area contributed by atoms with Crippen molar-refractivity contribution in [3.63, 3.8) is 0 Å². The topological polar surface area (TPSA) is 84.3 Å². The fourth-order valence-electron chi connectivity index (χ4n) is 2.45. The first-order valence-electron chi connectivity index (χ1n) is 6.58. The molecule has 1 N–H and O–H groups in total. The summed E-state index contributed by atoms with van der Waals surface area (Å²) in [7, 11) is -0.300. The van der Waals surface area contributed by atoms with Crippen LogP contribution in [0.3, 0.4) is 0 Å². The van der Waals surface area contributed by atoms with E-state index >= 15 is 0 Å². The lowest BCUT2D eigenvalue weighted by Gasteiger charge is -2.30. The van der Waals surface area contributed by atoms with Crippen molar-refractivity contribution in [3.8, 4) is 0 Å². The minimum atomic E-state index is -3.58. The van der Waals surface area contributed by atoms with Crippen molar-refractivity contribution >= 4 is 15.9 Å². The molecule has 8 heteroatoms. The molecule has 0 aliphatic carbocycles. The smallest absolute Gasteiger partial charge is 0.246 e. The summed E-state index contributed by atoms with van der Waals surface area (Å²) in [6.07, 6.45) is 2.78. The van der Waals surface area contributed by atoms with E-state index in [-0.39, 0.29) is 23.3 Å². The third-order valence-electron chi connectivity index (χ3n) is 3.81. The summed E-state index contributed by atoms with van der Waals surface area (Å²) in [5.41, 5.74) is 0.604. The van der Waals surface area contributed by atoms with E-state index in [9.17, 15) is 13.2 Å². The van der Waals surface area contributed by atoms with Crippen molar-refractivity contribution in [2.24, 2.45) is 13.0 Å². The van der Waals surface area contributed by atoms with E-state index in [1.54, 1.807) is 21.0 Å². The Hall–Kier alpha value is -1.41. The second kappa shape index (κ2) is 5.53. The van der Waals surface area contributed by atoms with Crippen LogP contribution in [0.25, 0.3) is 0 Å². The third-order valence-corrected chi connectivity index (χ3v) is 5.78. The number of hydrogen-bond donors (Lipinski definition) is 1. The molecule has 20 heavy (non-hydrogen) atoms. The fourth-order valence-corrected chi connectivity index (χ4v) is 4.16. The number of nitrogens with zero attached hydrogens (tertiary/aromatic N) is 3. The average Bonchev–Trinajstić information content (AvgIpc) is 2.79. The summed E-state index contributed by atoms with van der Waals surface area (Å²) < 4.78 is 28.2. The quantitative estimate of drug-likeness (QED) is 0.843. The number of aryl methyl sites for hydroxylation is 1. The number of nitrogens with one attached hydrogen (secondary N) is 1. The van der Waals surface area contributed by atoms with Gasteiger partial charge in [-0.15, -0.1) is 0 Å². The maximum atomic E-state index is 12.6. The minimum Gasteiger partial charge on any atom is -0.359 e. The van der Waals surface area contributed by atoms with Gasteiger partial charge >= 0.3 is 0 Å². The summed E-state index contributed by atoms with van der Waals surface area (Å²) in [5.74, 6) is -0.381. The molecule has 1 saturated heterocycles. The molecular weight excluding hydrogens is 280 g/mol. The van der Waals surface area contributed by atoms with Gasteiger partial charge in [-0.05, 0) is 19.8 Å². The zero-order chi connectivity index (χ0) is 14.9. The normalized spacial score (nSPS) is 20.9. The standard InChI is InChI=1S/C12H20N4O3S/c1-9-11(7-14-15(9)3)20(18,19)16-6-4-5-10(8-16)12(17)13-2/h7,10H,4-6,8H2,1-3H3,(H,13,17). The van der Waals surface area contributed by atoms with Crippen LogP contribution in [0.4, 0.5) is 0 Å². The highest BCUT2D eigenvalue weighted by Gasteiger charge is 2.34. The maximum absolute atomic E-state index is 12.6. The number of aromatic nitrogens is 2. The van der Waals surface area contributed by atoms with Gasteiger partial charge in [-0.3, -0.25) is 9.48 Å². The van der Waals surface area contributed by atoms with Crippen molar-refractivity contribution in [2.45, 2.75) is 24.7 Å². The van der Waals surface area contributed by atoms with Gasteiger partial charge in [0.15, 0.2) is 0 Å². The highest BCUT2D eigenvalue weighted by atomic mass is 32.2. The summed E-state index contributed by atoms with van der Waals surface area (Å²) in [5, 5.41) is 6.56. The second-order valence-corrected chi connectivity index (χ2v) is 6.94. The molecule has 0 spiro atoms. The number of amides is 1. The Morgan fingerprint density at radius 3 is 2.75 bits per heavy atom. The second-order valence-electron chi connectivity index (χ2n) is 5.03. The van der Waals surface area contributed by atoms with Gasteiger partial charge in [0.1, 0.15) is 4.90 Å². The lowest BCUT2D eigenvalue weighted by atomic mass is 9.99. The zero-order valence-electron chi connectivity index (χ0n) is 12.0. The highest BCUT2D eigenvalue weighted by molar-refractivity contribution is 7.89. The summed E-state index contributed by atoms with van der Waals surface area (Å²) in [6.45, 7) is 2.40. The minimum absolute atomic E-state index is 0.104. The molecule has 1 aliphatic rings. The first-order chi connectivity index (χ1) is 9.37. The molecule has 0 saturated carbocycles. The molecule has 1 aromatic rings. The van der Waals surface area contributed by atoms with Gasteiger partial charge in [0, 0.05) is 27.2 Å². The molecule has 1 aliphatic heterocycles. The maximum Gasteiger partial charge on any atom is 0.246 e. The third kappa shape index (κ3) is 2.57. The highest BCUT2D eigenvalue weighted by Crippen LogP contribution is 2.25. The molecule has 112 valence electrons. The van der Waals surface area contributed by atoms with Gasteiger partial charge in [0.2, 0.25) is 15.9 Å². The molecule has 2 rings (SSSR count). The number of carbonyl (C=O) groups excluding carboxylic acids is 1. The Balaban J connectivity index is 2.26. The zero-order valence-corrected chi connectivity index (χ0v) is 12.8. The lowest BCUT2D eigenvalue weighted by molar-refractivity contribution is -0.125. The van der Waals surface area contributed by atoms with Crippen molar-refractivity contribution in [2.75, 3.05) is 20.1 Å². The summed E-state index contributed by atoms with van der Waals surface area (Å²) in [4.78, 5) is 11.9. The van der Waals surface area contributed by atoms with Gasteiger partial charge in [0.25, 0.3) is 0 Å². The molecule has 0 bridgehead atoms. The lowest BCUT2D eigenvalue weighted by Crippen LogP contribution is -2.44. The molecular formula is C12H20N4O3S. The van der Waals surface area contributed by atoms with Crippen LogP contribution in [-0.2, 0) is 21.9 Å². The van der Waals surface area contributed by atoms with Gasteiger partial charge < -0.3 is 5.32 Å².